The van der Waals surface area contributed by atoms with Crippen molar-refractivity contribution in [2.24, 2.45) is 0 Å². The summed E-state index contributed by atoms with van der Waals surface area (Å²) in [6.45, 7) is 3.39. The first-order valence-electron chi connectivity index (χ1n) is 20.8. The molecule has 51 heavy (non-hydrogen) atoms. The number of esters is 2. The fourth-order valence-corrected chi connectivity index (χ4v) is 6.30. The Labute approximate surface area is 310 Å². The predicted octanol–water partition coefficient (Wildman–Crippen LogP) is 8.00. The summed E-state index contributed by atoms with van der Waals surface area (Å²) in [6, 6.07) is 0. The Morgan fingerprint density at radius 2 is 1.04 bits per heavy atom. The van der Waals surface area contributed by atoms with Gasteiger partial charge in [-0.3, -0.25) is 9.59 Å². The van der Waals surface area contributed by atoms with Gasteiger partial charge in [-0.05, 0) is 38.5 Å². The van der Waals surface area contributed by atoms with E-state index in [4.69, 9.17) is 18.9 Å². The normalized spacial score (nSPS) is 21.3. The summed E-state index contributed by atoms with van der Waals surface area (Å²) in [7, 11) is 0. The summed E-state index contributed by atoms with van der Waals surface area (Å²) in [6.07, 6.45) is 25.0. The third-order valence-electron chi connectivity index (χ3n) is 9.65. The molecular weight excluding hydrogens is 652 g/mol. The summed E-state index contributed by atoms with van der Waals surface area (Å²) < 4.78 is 22.1. The van der Waals surface area contributed by atoms with Crippen molar-refractivity contribution < 1.29 is 49.0 Å². The fraction of sp³-hybridized carbons (Fsp3) is 0.902. The number of allylic oxidation sites excluding steroid dienone is 2. The van der Waals surface area contributed by atoms with Crippen LogP contribution < -0.4 is 0 Å². The highest BCUT2D eigenvalue weighted by molar-refractivity contribution is 5.70. The van der Waals surface area contributed by atoms with Gasteiger partial charge in [0, 0.05) is 12.8 Å². The predicted molar refractivity (Wildman–Crippen MR) is 201 cm³/mol. The van der Waals surface area contributed by atoms with Crippen LogP contribution in [0.3, 0.4) is 0 Å². The Kier molecular flexibility index (Phi) is 30.7. The van der Waals surface area contributed by atoms with Crippen molar-refractivity contribution in [2.75, 3.05) is 19.8 Å². The van der Waals surface area contributed by atoms with Gasteiger partial charge in [0.05, 0.1) is 13.2 Å². The van der Waals surface area contributed by atoms with Gasteiger partial charge in [-0.1, -0.05) is 142 Å². The van der Waals surface area contributed by atoms with Crippen LogP contribution in [0.1, 0.15) is 181 Å². The van der Waals surface area contributed by atoms with E-state index in [9.17, 15) is 30.0 Å². The van der Waals surface area contributed by atoms with Gasteiger partial charge in [0.2, 0.25) is 0 Å². The lowest BCUT2D eigenvalue weighted by atomic mass is 9.99. The smallest absolute Gasteiger partial charge is 0.306 e. The number of unbranched alkanes of at least 4 members (excludes halogenated alkanes) is 21. The molecule has 10 heteroatoms. The molecule has 0 amide bonds. The Morgan fingerprint density at radius 1 is 0.588 bits per heavy atom. The van der Waals surface area contributed by atoms with E-state index in [1.165, 1.54) is 89.9 Å². The summed E-state index contributed by atoms with van der Waals surface area (Å²) in [5, 5.41) is 39.9. The number of aliphatic hydroxyl groups excluding tert-OH is 4. The molecule has 1 aliphatic heterocycles. The molecule has 0 aromatic rings. The molecule has 0 aromatic carbocycles. The monoisotopic (exact) mass is 729 g/mol. The molecule has 1 rings (SSSR count). The lowest BCUT2D eigenvalue weighted by Gasteiger charge is -2.39. The van der Waals surface area contributed by atoms with E-state index in [1.807, 2.05) is 0 Å². The Morgan fingerprint density at radius 3 is 1.57 bits per heavy atom. The maximum Gasteiger partial charge on any atom is 0.306 e. The maximum atomic E-state index is 12.7. The first kappa shape index (κ1) is 47.5. The van der Waals surface area contributed by atoms with E-state index in [2.05, 4.69) is 26.0 Å². The number of ether oxygens (including phenoxy) is 4. The second-order valence-electron chi connectivity index (χ2n) is 14.4. The molecule has 0 radical (unpaired) electrons. The quantitative estimate of drug-likeness (QED) is 0.0291. The van der Waals surface area contributed by atoms with Crippen molar-refractivity contribution in [1.29, 1.82) is 0 Å². The van der Waals surface area contributed by atoms with Gasteiger partial charge >= 0.3 is 11.9 Å². The molecule has 1 heterocycles. The minimum absolute atomic E-state index is 0.216. The molecule has 0 spiro atoms. The lowest BCUT2D eigenvalue weighted by molar-refractivity contribution is -0.305. The zero-order valence-corrected chi connectivity index (χ0v) is 32.4. The second-order valence-corrected chi connectivity index (χ2v) is 14.4. The van der Waals surface area contributed by atoms with Crippen LogP contribution in [-0.2, 0) is 28.5 Å². The van der Waals surface area contributed by atoms with Crippen molar-refractivity contribution in [3.63, 3.8) is 0 Å². The SMILES string of the molecule is CCCCC/C=C/CCCCCCCC(=O)O[C@@H](COC(=O)CCCCCCCCCCCCCCCC)CO[C@H]1O[C@@H](CO)[C@@H](O)C(O)C1O. The van der Waals surface area contributed by atoms with Gasteiger partial charge in [0.15, 0.2) is 12.4 Å². The fourth-order valence-electron chi connectivity index (χ4n) is 6.30. The molecule has 1 saturated heterocycles. The number of hydrogen-bond donors (Lipinski definition) is 4. The van der Waals surface area contributed by atoms with Crippen LogP contribution in [0.5, 0.6) is 0 Å². The average Bonchev–Trinajstić information content (AvgIpc) is 3.13. The average molecular weight is 729 g/mol. The third kappa shape index (κ3) is 25.2. The number of hydrogen-bond acceptors (Lipinski definition) is 10. The summed E-state index contributed by atoms with van der Waals surface area (Å²) in [4.78, 5) is 25.2. The summed E-state index contributed by atoms with van der Waals surface area (Å²) in [5.41, 5.74) is 0. The van der Waals surface area contributed by atoms with E-state index in [0.717, 1.165) is 57.8 Å². The molecule has 2 unspecified atom stereocenters. The van der Waals surface area contributed by atoms with Crippen molar-refractivity contribution in [3.05, 3.63) is 12.2 Å². The van der Waals surface area contributed by atoms with Crippen LogP contribution in [0.15, 0.2) is 12.2 Å². The largest absolute Gasteiger partial charge is 0.462 e. The molecular formula is C41H76O10. The molecule has 4 N–H and O–H groups in total. The van der Waals surface area contributed by atoms with Gasteiger partial charge in [-0.15, -0.1) is 0 Å². The first-order valence-corrected chi connectivity index (χ1v) is 20.8. The van der Waals surface area contributed by atoms with Gasteiger partial charge in [0.1, 0.15) is 31.0 Å². The van der Waals surface area contributed by atoms with E-state index in [1.54, 1.807) is 0 Å². The van der Waals surface area contributed by atoms with Gasteiger partial charge in [-0.25, -0.2) is 0 Å². The highest BCUT2D eigenvalue weighted by Crippen LogP contribution is 2.22. The topological polar surface area (TPSA) is 152 Å². The molecule has 6 atom stereocenters. The van der Waals surface area contributed by atoms with Gasteiger partial charge in [-0.2, -0.15) is 0 Å². The van der Waals surface area contributed by atoms with Gasteiger partial charge < -0.3 is 39.4 Å². The zero-order valence-electron chi connectivity index (χ0n) is 32.4. The molecule has 10 nitrogen and oxygen atoms in total. The highest BCUT2D eigenvalue weighted by atomic mass is 16.7. The molecule has 1 fully saturated rings. The van der Waals surface area contributed by atoms with Crippen molar-refractivity contribution in [1.82, 2.24) is 0 Å². The van der Waals surface area contributed by atoms with Gasteiger partial charge in [0.25, 0.3) is 0 Å². The van der Waals surface area contributed by atoms with E-state index in [-0.39, 0.29) is 32.0 Å². The van der Waals surface area contributed by atoms with Crippen LogP contribution in [0.25, 0.3) is 0 Å². The molecule has 1 aliphatic rings. The van der Waals surface area contributed by atoms with E-state index in [0.29, 0.717) is 6.42 Å². The van der Waals surface area contributed by atoms with Crippen molar-refractivity contribution >= 4 is 11.9 Å². The van der Waals surface area contributed by atoms with Crippen LogP contribution in [0.4, 0.5) is 0 Å². The van der Waals surface area contributed by atoms with Crippen LogP contribution >= 0.6 is 0 Å². The lowest BCUT2D eigenvalue weighted by Crippen LogP contribution is -2.59. The van der Waals surface area contributed by atoms with Crippen LogP contribution in [0, 0.1) is 0 Å². The zero-order chi connectivity index (χ0) is 37.4. The number of aliphatic hydroxyl groups is 4. The molecule has 300 valence electrons. The Balaban J connectivity index is 2.36. The number of carbonyl (C=O) groups excluding carboxylic acids is 2. The molecule has 0 aromatic heterocycles. The van der Waals surface area contributed by atoms with Crippen LogP contribution in [0.2, 0.25) is 0 Å². The first-order chi connectivity index (χ1) is 24.8. The maximum absolute atomic E-state index is 12.7. The Bertz CT molecular complexity index is 850. The summed E-state index contributed by atoms with van der Waals surface area (Å²) >= 11 is 0. The van der Waals surface area contributed by atoms with Crippen molar-refractivity contribution in [3.8, 4) is 0 Å². The highest BCUT2D eigenvalue weighted by Gasteiger charge is 2.44. The van der Waals surface area contributed by atoms with E-state index >= 15 is 0 Å². The second kappa shape index (κ2) is 33.0. The summed E-state index contributed by atoms with van der Waals surface area (Å²) in [5.74, 6) is -0.811. The minimum atomic E-state index is -1.59. The minimum Gasteiger partial charge on any atom is -0.462 e. The third-order valence-corrected chi connectivity index (χ3v) is 9.65. The standard InChI is InChI=1S/C41H76O10/c1-3-5-7-9-11-13-15-17-18-20-21-23-25-27-29-36(43)48-32-34(33-49-41-40(47)39(46)38(45)35(31-42)51-41)50-37(44)30-28-26-24-22-19-16-14-12-10-8-6-4-2/h12,14,34-35,38-42,45-47H,3-11,13,15-33H2,1-2H3/b14-12+/t34-,35-,38+,39?,40?,41-/m0/s1. The Hall–Kier alpha value is -1.56. The number of carbonyl (C=O) groups is 2. The molecule has 0 aliphatic carbocycles. The van der Waals surface area contributed by atoms with Crippen molar-refractivity contribution in [2.45, 2.75) is 218 Å². The molecule has 0 bridgehead atoms. The van der Waals surface area contributed by atoms with E-state index < -0.39 is 49.4 Å². The molecule has 0 saturated carbocycles. The number of rotatable bonds is 34. The van der Waals surface area contributed by atoms with Crippen LogP contribution in [-0.4, -0.2) is 89.0 Å².